The Morgan fingerprint density at radius 3 is 2.71 bits per heavy atom. The molecule has 1 aliphatic rings. The van der Waals surface area contributed by atoms with Crippen LogP contribution in [0.25, 0.3) is 5.69 Å². The Hall–Kier alpha value is -3.81. The quantitative estimate of drug-likeness (QED) is 0.658. The van der Waals surface area contributed by atoms with Crippen LogP contribution in [-0.4, -0.2) is 28.6 Å². The highest BCUT2D eigenvalue weighted by Crippen LogP contribution is 2.32. The zero-order chi connectivity index (χ0) is 22.0. The Labute approximate surface area is 179 Å². The number of carbonyl (C=O) groups excluding carboxylic acids is 1. The van der Waals surface area contributed by atoms with E-state index < -0.39 is 6.10 Å². The van der Waals surface area contributed by atoms with Crippen LogP contribution in [0.1, 0.15) is 23.6 Å². The molecule has 0 aliphatic carbocycles. The number of rotatable bonds is 6. The molecule has 0 bridgehead atoms. The fourth-order valence-corrected chi connectivity index (χ4v) is 3.12. The van der Waals surface area contributed by atoms with Crippen LogP contribution in [0.4, 0.5) is 0 Å². The molecule has 8 nitrogen and oxygen atoms in total. The maximum Gasteiger partial charge on any atom is 0.271 e. The van der Waals surface area contributed by atoms with E-state index in [1.54, 1.807) is 6.92 Å². The predicted octanol–water partition coefficient (Wildman–Crippen LogP) is 2.66. The SMILES string of the molecule is Cc1ccc(-n2nc(OC(C)C(=O)NCc3ccc4c(c3)OCO4)ccc2=O)cc1C. The molecule has 0 fully saturated rings. The summed E-state index contributed by atoms with van der Waals surface area (Å²) in [5.41, 5.74) is 3.41. The summed E-state index contributed by atoms with van der Waals surface area (Å²) in [5, 5.41) is 7.09. The third-order valence-electron chi connectivity index (χ3n) is 5.08. The van der Waals surface area contributed by atoms with Gasteiger partial charge in [0.1, 0.15) is 0 Å². The molecule has 8 heteroatoms. The van der Waals surface area contributed by atoms with Gasteiger partial charge in [-0.3, -0.25) is 9.59 Å². The smallest absolute Gasteiger partial charge is 0.271 e. The van der Waals surface area contributed by atoms with Crippen LogP contribution in [-0.2, 0) is 11.3 Å². The molecule has 0 saturated carbocycles. The molecule has 1 aromatic heterocycles. The predicted molar refractivity (Wildman–Crippen MR) is 114 cm³/mol. The lowest BCUT2D eigenvalue weighted by atomic mass is 10.1. The lowest BCUT2D eigenvalue weighted by Crippen LogP contribution is -2.36. The maximum absolute atomic E-state index is 12.5. The van der Waals surface area contributed by atoms with E-state index in [0.717, 1.165) is 16.7 Å². The lowest BCUT2D eigenvalue weighted by molar-refractivity contribution is -0.127. The van der Waals surface area contributed by atoms with Crippen molar-refractivity contribution in [2.45, 2.75) is 33.4 Å². The van der Waals surface area contributed by atoms with Crippen LogP contribution >= 0.6 is 0 Å². The number of nitrogens with one attached hydrogen (secondary N) is 1. The van der Waals surface area contributed by atoms with Gasteiger partial charge in [-0.25, -0.2) is 0 Å². The highest BCUT2D eigenvalue weighted by Gasteiger charge is 2.17. The first-order valence-electron chi connectivity index (χ1n) is 9.91. The molecule has 0 spiro atoms. The Bertz CT molecular complexity index is 1190. The van der Waals surface area contributed by atoms with Gasteiger partial charge in [0.05, 0.1) is 5.69 Å². The summed E-state index contributed by atoms with van der Waals surface area (Å²) in [6.07, 6.45) is -0.799. The monoisotopic (exact) mass is 421 g/mol. The second-order valence-corrected chi connectivity index (χ2v) is 7.36. The van der Waals surface area contributed by atoms with Crippen molar-refractivity contribution >= 4 is 5.91 Å². The van der Waals surface area contributed by atoms with Gasteiger partial charge in [-0.15, -0.1) is 5.10 Å². The highest BCUT2D eigenvalue weighted by atomic mass is 16.7. The van der Waals surface area contributed by atoms with Crippen LogP contribution in [0.3, 0.4) is 0 Å². The topological polar surface area (TPSA) is 91.7 Å². The Kier molecular flexibility index (Phi) is 5.62. The van der Waals surface area contributed by atoms with E-state index in [2.05, 4.69) is 10.4 Å². The molecule has 3 aromatic rings. The van der Waals surface area contributed by atoms with Crippen molar-refractivity contribution in [2.24, 2.45) is 0 Å². The van der Waals surface area contributed by atoms with E-state index in [1.165, 1.54) is 16.8 Å². The lowest BCUT2D eigenvalue weighted by Gasteiger charge is -2.15. The fraction of sp³-hybridized carbons (Fsp3) is 0.261. The van der Waals surface area contributed by atoms with Crippen molar-refractivity contribution < 1.29 is 19.0 Å². The van der Waals surface area contributed by atoms with Crippen molar-refractivity contribution in [3.05, 3.63) is 75.6 Å². The molecule has 0 saturated heterocycles. The maximum atomic E-state index is 12.5. The third kappa shape index (κ3) is 4.53. The molecular formula is C23H23N3O5. The van der Waals surface area contributed by atoms with Gasteiger partial charge in [0.25, 0.3) is 11.5 Å². The van der Waals surface area contributed by atoms with Crippen LogP contribution in [0.2, 0.25) is 0 Å². The second-order valence-electron chi connectivity index (χ2n) is 7.36. The van der Waals surface area contributed by atoms with Crippen molar-refractivity contribution in [2.75, 3.05) is 6.79 Å². The number of hydrogen-bond acceptors (Lipinski definition) is 6. The minimum Gasteiger partial charge on any atom is -0.464 e. The van der Waals surface area contributed by atoms with Crippen LogP contribution in [0.5, 0.6) is 17.4 Å². The van der Waals surface area contributed by atoms with E-state index in [-0.39, 0.29) is 24.1 Å². The van der Waals surface area contributed by atoms with Crippen molar-refractivity contribution in [3.8, 4) is 23.1 Å². The zero-order valence-corrected chi connectivity index (χ0v) is 17.5. The molecule has 1 N–H and O–H groups in total. The van der Waals surface area contributed by atoms with Crippen LogP contribution in [0, 0.1) is 13.8 Å². The average Bonchev–Trinajstić information content (AvgIpc) is 3.23. The number of benzene rings is 2. The van der Waals surface area contributed by atoms with Gasteiger partial charge in [-0.1, -0.05) is 12.1 Å². The molecule has 1 amide bonds. The van der Waals surface area contributed by atoms with Gasteiger partial charge in [0.2, 0.25) is 12.7 Å². The Morgan fingerprint density at radius 2 is 1.90 bits per heavy atom. The van der Waals surface area contributed by atoms with Crippen molar-refractivity contribution in [1.29, 1.82) is 0 Å². The minimum atomic E-state index is -0.799. The molecule has 160 valence electrons. The van der Waals surface area contributed by atoms with Gasteiger partial charge < -0.3 is 19.5 Å². The summed E-state index contributed by atoms with van der Waals surface area (Å²) in [5.74, 6) is 1.23. The summed E-state index contributed by atoms with van der Waals surface area (Å²) in [6, 6.07) is 14.0. The van der Waals surface area contributed by atoms with Crippen molar-refractivity contribution in [3.63, 3.8) is 0 Å². The Balaban J connectivity index is 1.41. The van der Waals surface area contributed by atoms with Gasteiger partial charge in [-0.2, -0.15) is 4.68 Å². The van der Waals surface area contributed by atoms with E-state index in [4.69, 9.17) is 14.2 Å². The molecule has 1 atom stereocenters. The Morgan fingerprint density at radius 1 is 1.10 bits per heavy atom. The molecule has 1 unspecified atom stereocenters. The number of fused-ring (bicyclic) bond motifs is 1. The first kappa shape index (κ1) is 20.5. The van der Waals surface area contributed by atoms with E-state index in [0.29, 0.717) is 23.7 Å². The van der Waals surface area contributed by atoms with Crippen LogP contribution < -0.4 is 25.1 Å². The molecule has 31 heavy (non-hydrogen) atoms. The molecule has 2 aromatic carbocycles. The molecular weight excluding hydrogens is 398 g/mol. The number of aryl methyl sites for hydroxylation is 2. The zero-order valence-electron chi connectivity index (χ0n) is 17.5. The normalized spacial score (nSPS) is 13.0. The van der Waals surface area contributed by atoms with Gasteiger partial charge >= 0.3 is 0 Å². The molecule has 2 heterocycles. The largest absolute Gasteiger partial charge is 0.464 e. The number of ether oxygens (including phenoxy) is 3. The summed E-state index contributed by atoms with van der Waals surface area (Å²) < 4.78 is 17.6. The number of hydrogen-bond donors (Lipinski definition) is 1. The first-order chi connectivity index (χ1) is 14.9. The van der Waals surface area contributed by atoms with Gasteiger partial charge in [0.15, 0.2) is 17.6 Å². The number of amides is 1. The van der Waals surface area contributed by atoms with Crippen molar-refractivity contribution in [1.82, 2.24) is 15.1 Å². The average molecular weight is 421 g/mol. The number of nitrogens with zero attached hydrogens (tertiary/aromatic N) is 2. The van der Waals surface area contributed by atoms with Crippen LogP contribution in [0.15, 0.2) is 53.3 Å². The van der Waals surface area contributed by atoms with E-state index >= 15 is 0 Å². The summed E-state index contributed by atoms with van der Waals surface area (Å²) in [6.45, 7) is 6.11. The van der Waals surface area contributed by atoms with Gasteiger partial charge in [-0.05, 0) is 61.7 Å². The van der Waals surface area contributed by atoms with E-state index in [9.17, 15) is 9.59 Å². The molecule has 0 radical (unpaired) electrons. The highest BCUT2D eigenvalue weighted by molar-refractivity contribution is 5.80. The van der Waals surface area contributed by atoms with Gasteiger partial charge in [0, 0.05) is 18.7 Å². The molecule has 4 rings (SSSR count). The standard InChI is InChI=1S/C23H23N3O5/c1-14-4-6-18(10-15(14)2)26-22(27)9-8-21(25-26)31-16(3)23(28)24-12-17-5-7-19-20(11-17)30-13-29-19/h4-11,16H,12-13H2,1-3H3,(H,24,28). The molecule has 1 aliphatic heterocycles. The summed E-state index contributed by atoms with van der Waals surface area (Å²) in [4.78, 5) is 24.7. The second kappa shape index (κ2) is 8.51. The summed E-state index contributed by atoms with van der Waals surface area (Å²) >= 11 is 0. The fourth-order valence-electron chi connectivity index (χ4n) is 3.12. The summed E-state index contributed by atoms with van der Waals surface area (Å²) in [7, 11) is 0. The first-order valence-corrected chi connectivity index (χ1v) is 9.91. The number of carbonyl (C=O) groups is 1. The third-order valence-corrected chi connectivity index (χ3v) is 5.08. The number of aromatic nitrogens is 2. The van der Waals surface area contributed by atoms with E-state index in [1.807, 2.05) is 50.2 Å². The minimum absolute atomic E-state index is 0.184.